The van der Waals surface area contributed by atoms with Gasteiger partial charge in [-0.2, -0.15) is 0 Å². The Morgan fingerprint density at radius 1 is 0.944 bits per heavy atom. The quantitative estimate of drug-likeness (QED) is 0.344. The van der Waals surface area contributed by atoms with E-state index in [2.05, 4.69) is 5.32 Å². The van der Waals surface area contributed by atoms with Gasteiger partial charge in [0.15, 0.2) is 6.61 Å². The first-order valence-corrected chi connectivity index (χ1v) is 12.7. The number of halogens is 2. The Labute approximate surface area is 223 Å². The largest absolute Gasteiger partial charge is 0.483 e. The maximum absolute atomic E-state index is 13.7. The lowest BCUT2D eigenvalue weighted by Gasteiger charge is -2.32. The van der Waals surface area contributed by atoms with Crippen molar-refractivity contribution in [1.82, 2.24) is 10.2 Å². The average molecular weight is 527 g/mol. The third-order valence-electron chi connectivity index (χ3n) is 5.79. The van der Waals surface area contributed by atoms with Crippen molar-refractivity contribution in [1.29, 1.82) is 0 Å². The van der Waals surface area contributed by atoms with Gasteiger partial charge in [0.2, 0.25) is 5.91 Å². The van der Waals surface area contributed by atoms with Crippen LogP contribution in [0.3, 0.4) is 0 Å². The fraction of sp³-hybridized carbons (Fsp3) is 0.310. The molecule has 0 aliphatic rings. The Morgan fingerprint density at radius 3 is 2.25 bits per heavy atom. The van der Waals surface area contributed by atoms with Crippen molar-refractivity contribution in [3.05, 3.63) is 99.0 Å². The van der Waals surface area contributed by atoms with E-state index in [4.69, 9.17) is 27.9 Å². The van der Waals surface area contributed by atoms with Crippen LogP contribution in [-0.2, 0) is 22.6 Å². The third kappa shape index (κ3) is 7.49. The van der Waals surface area contributed by atoms with E-state index in [0.717, 1.165) is 16.7 Å². The number of benzene rings is 3. The van der Waals surface area contributed by atoms with Gasteiger partial charge in [-0.15, -0.1) is 0 Å². The van der Waals surface area contributed by atoms with E-state index in [1.807, 2.05) is 76.2 Å². The molecule has 190 valence electrons. The highest BCUT2D eigenvalue weighted by molar-refractivity contribution is 6.36. The molecule has 0 fully saturated rings. The summed E-state index contributed by atoms with van der Waals surface area (Å²) in [5.41, 5.74) is 3.46. The lowest BCUT2D eigenvalue weighted by Crippen LogP contribution is -2.53. The molecule has 1 N–H and O–H groups in total. The molecule has 0 aliphatic heterocycles. The van der Waals surface area contributed by atoms with Gasteiger partial charge in [-0.05, 0) is 62.6 Å². The molecule has 0 spiro atoms. The van der Waals surface area contributed by atoms with E-state index < -0.39 is 6.04 Å². The number of hydrogen-bond donors (Lipinski definition) is 1. The molecule has 3 aromatic rings. The van der Waals surface area contributed by atoms with E-state index in [9.17, 15) is 9.59 Å². The SMILES string of the molecule is Cc1ccc(C)c(OCC(=O)N(Cc2c(Cl)cccc2Cl)C(Cc2ccccc2)C(=O)NC(C)C)c1. The first kappa shape index (κ1) is 27.6. The van der Waals surface area contributed by atoms with Crippen molar-refractivity contribution < 1.29 is 14.3 Å². The first-order chi connectivity index (χ1) is 17.2. The molecule has 3 aromatic carbocycles. The summed E-state index contributed by atoms with van der Waals surface area (Å²) < 4.78 is 5.93. The zero-order valence-electron chi connectivity index (χ0n) is 21.1. The number of ether oxygens (including phenoxy) is 1. The molecule has 0 radical (unpaired) electrons. The molecule has 0 saturated carbocycles. The van der Waals surface area contributed by atoms with E-state index in [1.54, 1.807) is 18.2 Å². The highest BCUT2D eigenvalue weighted by Gasteiger charge is 2.32. The Kier molecular flexibility index (Phi) is 9.80. The van der Waals surface area contributed by atoms with Crippen molar-refractivity contribution in [2.24, 2.45) is 0 Å². The summed E-state index contributed by atoms with van der Waals surface area (Å²) in [7, 11) is 0. The van der Waals surface area contributed by atoms with Crippen LogP contribution >= 0.6 is 23.2 Å². The molecular formula is C29H32Cl2N2O3. The van der Waals surface area contributed by atoms with Crippen molar-refractivity contribution in [2.45, 2.75) is 52.7 Å². The van der Waals surface area contributed by atoms with Crippen LogP contribution in [0.5, 0.6) is 5.75 Å². The van der Waals surface area contributed by atoms with Gasteiger partial charge in [0.1, 0.15) is 11.8 Å². The number of carbonyl (C=O) groups is 2. The second kappa shape index (κ2) is 12.8. The molecule has 0 bridgehead atoms. The van der Waals surface area contributed by atoms with Crippen LogP contribution < -0.4 is 10.1 Å². The maximum Gasteiger partial charge on any atom is 0.261 e. The minimum atomic E-state index is -0.795. The Morgan fingerprint density at radius 2 is 1.61 bits per heavy atom. The molecule has 0 aliphatic carbocycles. The molecule has 2 amide bonds. The Balaban J connectivity index is 1.97. The zero-order chi connectivity index (χ0) is 26.2. The van der Waals surface area contributed by atoms with Gasteiger partial charge in [-0.25, -0.2) is 0 Å². The molecule has 5 nitrogen and oxygen atoms in total. The number of nitrogens with one attached hydrogen (secondary N) is 1. The standard InChI is InChI=1S/C29H32Cl2N2O3/c1-19(2)32-29(35)26(16-22-9-6-5-7-10-22)33(17-23-24(30)11-8-12-25(23)31)28(34)18-36-27-15-20(3)13-14-21(27)4/h5-15,19,26H,16-18H2,1-4H3,(H,32,35). The van der Waals surface area contributed by atoms with Gasteiger partial charge in [-0.1, -0.05) is 71.7 Å². The second-order valence-electron chi connectivity index (χ2n) is 9.15. The van der Waals surface area contributed by atoms with Crippen LogP contribution in [0, 0.1) is 13.8 Å². The van der Waals surface area contributed by atoms with Gasteiger partial charge in [0.25, 0.3) is 5.91 Å². The third-order valence-corrected chi connectivity index (χ3v) is 6.50. The minimum absolute atomic E-state index is 0.0660. The number of hydrogen-bond acceptors (Lipinski definition) is 3. The number of carbonyl (C=O) groups excluding carboxylic acids is 2. The van der Waals surface area contributed by atoms with Gasteiger partial charge >= 0.3 is 0 Å². The summed E-state index contributed by atoms with van der Waals surface area (Å²) in [5, 5.41) is 3.82. The molecular weight excluding hydrogens is 495 g/mol. The lowest BCUT2D eigenvalue weighted by atomic mass is 10.0. The van der Waals surface area contributed by atoms with Crippen LogP contribution in [-0.4, -0.2) is 35.4 Å². The van der Waals surface area contributed by atoms with Gasteiger partial charge < -0.3 is 15.0 Å². The summed E-state index contributed by atoms with van der Waals surface area (Å²) in [5.74, 6) is 0.0363. The topological polar surface area (TPSA) is 58.6 Å². The van der Waals surface area contributed by atoms with E-state index in [-0.39, 0.29) is 31.0 Å². The van der Waals surface area contributed by atoms with Crippen molar-refractivity contribution >= 4 is 35.0 Å². The van der Waals surface area contributed by atoms with Crippen LogP contribution in [0.2, 0.25) is 10.0 Å². The predicted molar refractivity (Wildman–Crippen MR) is 146 cm³/mol. The smallest absolute Gasteiger partial charge is 0.261 e. The van der Waals surface area contributed by atoms with Crippen LogP contribution in [0.4, 0.5) is 0 Å². The zero-order valence-corrected chi connectivity index (χ0v) is 22.6. The highest BCUT2D eigenvalue weighted by atomic mass is 35.5. The summed E-state index contributed by atoms with van der Waals surface area (Å²) in [6, 6.07) is 19.7. The van der Waals surface area contributed by atoms with E-state index in [1.165, 1.54) is 4.90 Å². The highest BCUT2D eigenvalue weighted by Crippen LogP contribution is 2.27. The van der Waals surface area contributed by atoms with Crippen LogP contribution in [0.1, 0.15) is 36.1 Å². The first-order valence-electron chi connectivity index (χ1n) is 11.9. The number of amides is 2. The summed E-state index contributed by atoms with van der Waals surface area (Å²) >= 11 is 12.9. The fourth-order valence-electron chi connectivity index (χ4n) is 3.87. The minimum Gasteiger partial charge on any atom is -0.483 e. The maximum atomic E-state index is 13.7. The monoisotopic (exact) mass is 526 g/mol. The molecule has 36 heavy (non-hydrogen) atoms. The van der Waals surface area contributed by atoms with Crippen LogP contribution in [0.25, 0.3) is 0 Å². The molecule has 0 heterocycles. The number of rotatable bonds is 10. The molecule has 0 saturated heterocycles. The van der Waals surface area contributed by atoms with Crippen molar-refractivity contribution in [3.63, 3.8) is 0 Å². The van der Waals surface area contributed by atoms with Crippen molar-refractivity contribution in [3.8, 4) is 5.75 Å². The molecule has 1 unspecified atom stereocenters. The predicted octanol–water partition coefficient (Wildman–Crippen LogP) is 6.15. The summed E-state index contributed by atoms with van der Waals surface area (Å²) in [6.45, 7) is 7.50. The van der Waals surface area contributed by atoms with Gasteiger partial charge in [0.05, 0.1) is 0 Å². The van der Waals surface area contributed by atoms with Gasteiger partial charge in [0, 0.05) is 34.6 Å². The normalized spacial score (nSPS) is 11.8. The Hall–Kier alpha value is -3.02. The average Bonchev–Trinajstić information content (AvgIpc) is 2.83. The molecule has 1 atom stereocenters. The molecule has 0 aromatic heterocycles. The van der Waals surface area contributed by atoms with Crippen LogP contribution in [0.15, 0.2) is 66.7 Å². The summed E-state index contributed by atoms with van der Waals surface area (Å²) in [4.78, 5) is 28.6. The fourth-order valence-corrected chi connectivity index (χ4v) is 4.39. The molecule has 3 rings (SSSR count). The lowest BCUT2D eigenvalue weighted by molar-refractivity contribution is -0.143. The number of nitrogens with zero attached hydrogens (tertiary/aromatic N) is 1. The Bertz CT molecular complexity index is 1180. The molecule has 7 heteroatoms. The number of aryl methyl sites for hydroxylation is 2. The second-order valence-corrected chi connectivity index (χ2v) is 9.96. The van der Waals surface area contributed by atoms with E-state index >= 15 is 0 Å². The van der Waals surface area contributed by atoms with Crippen molar-refractivity contribution in [2.75, 3.05) is 6.61 Å². The van der Waals surface area contributed by atoms with E-state index in [0.29, 0.717) is 27.8 Å². The van der Waals surface area contributed by atoms with Gasteiger partial charge in [-0.3, -0.25) is 9.59 Å². The summed E-state index contributed by atoms with van der Waals surface area (Å²) in [6.07, 6.45) is 0.330.